The van der Waals surface area contributed by atoms with Crippen LogP contribution in [0.3, 0.4) is 0 Å². The second-order valence-electron chi connectivity index (χ2n) is 7.75. The fourth-order valence-corrected chi connectivity index (χ4v) is 5.26. The summed E-state index contributed by atoms with van der Waals surface area (Å²) in [6.45, 7) is 6.65. The van der Waals surface area contributed by atoms with Gasteiger partial charge in [-0.2, -0.15) is 0 Å². The minimum Gasteiger partial charge on any atom is -0.345 e. The van der Waals surface area contributed by atoms with Crippen LogP contribution in [0, 0.1) is 12.8 Å². The van der Waals surface area contributed by atoms with Crippen molar-refractivity contribution in [2.75, 3.05) is 36.4 Å². The molecule has 1 aromatic heterocycles. The van der Waals surface area contributed by atoms with Crippen LogP contribution in [0.25, 0.3) is 0 Å². The van der Waals surface area contributed by atoms with Gasteiger partial charge in [-0.05, 0) is 49.9 Å². The van der Waals surface area contributed by atoms with E-state index in [1.165, 1.54) is 4.88 Å². The zero-order valence-electron chi connectivity index (χ0n) is 16.7. The number of nitrogens with zero attached hydrogens (tertiary/aromatic N) is 3. The van der Waals surface area contributed by atoms with Crippen molar-refractivity contribution in [1.29, 1.82) is 0 Å². The molecular formula is C21H25ClN4O2S. The molecule has 0 spiro atoms. The zero-order valence-corrected chi connectivity index (χ0v) is 18.3. The molecular weight excluding hydrogens is 408 g/mol. The Kier molecular flexibility index (Phi) is 5.79. The summed E-state index contributed by atoms with van der Waals surface area (Å²) in [5, 5.41) is 4.76. The Balaban J connectivity index is 1.39. The summed E-state index contributed by atoms with van der Waals surface area (Å²) >= 11 is 7.77. The summed E-state index contributed by atoms with van der Waals surface area (Å²) in [6.07, 6.45) is 2.38. The molecule has 1 aromatic carbocycles. The van der Waals surface area contributed by atoms with E-state index in [-0.39, 0.29) is 17.7 Å². The third-order valence-electron chi connectivity index (χ3n) is 5.72. The number of carbonyl (C=O) groups is 2. The van der Waals surface area contributed by atoms with Crippen molar-refractivity contribution in [2.45, 2.75) is 33.1 Å². The number of hydrogen-bond acceptors (Lipinski definition) is 5. The largest absolute Gasteiger partial charge is 0.345 e. The van der Waals surface area contributed by atoms with E-state index in [0.29, 0.717) is 5.02 Å². The number of benzene rings is 1. The van der Waals surface area contributed by atoms with Crippen molar-refractivity contribution in [3.05, 3.63) is 39.4 Å². The number of hydrogen-bond donors (Lipinski definition) is 1. The molecule has 0 radical (unpaired) electrons. The standard InChI is InChI=1S/C21H25ClN4O2S/c1-13-11-16(4-5-17(13)22)23-20(28)15-3-6-18-19(12-15)29-21(24-18)26-9-7-25(8-10-26)14(2)27/h4-5,11,15H,3,6-10,12H2,1-2H3,(H,23,28)/t15-/m1/s1. The Bertz CT molecular complexity index is 937. The van der Waals surface area contributed by atoms with Crippen LogP contribution in [0.15, 0.2) is 18.2 Å². The molecule has 0 saturated carbocycles. The summed E-state index contributed by atoms with van der Waals surface area (Å²) in [5.41, 5.74) is 2.87. The number of rotatable bonds is 3. The molecule has 154 valence electrons. The molecule has 2 heterocycles. The first-order chi connectivity index (χ1) is 13.9. The lowest BCUT2D eigenvalue weighted by Crippen LogP contribution is -2.48. The predicted octanol–water partition coefficient (Wildman–Crippen LogP) is 3.52. The fourth-order valence-electron chi connectivity index (χ4n) is 3.90. The van der Waals surface area contributed by atoms with Crippen molar-refractivity contribution in [1.82, 2.24) is 9.88 Å². The molecule has 2 aliphatic rings. The molecule has 1 atom stereocenters. The number of amides is 2. The third-order valence-corrected chi connectivity index (χ3v) is 7.32. The van der Waals surface area contributed by atoms with Crippen LogP contribution in [-0.2, 0) is 22.4 Å². The predicted molar refractivity (Wildman–Crippen MR) is 117 cm³/mol. The van der Waals surface area contributed by atoms with Crippen LogP contribution in [0.1, 0.15) is 29.5 Å². The van der Waals surface area contributed by atoms with E-state index in [0.717, 1.165) is 67.5 Å². The number of aryl methyl sites for hydroxylation is 2. The smallest absolute Gasteiger partial charge is 0.227 e. The Labute approximate surface area is 179 Å². The molecule has 4 rings (SSSR count). The van der Waals surface area contributed by atoms with Crippen LogP contribution in [0.4, 0.5) is 10.8 Å². The van der Waals surface area contributed by atoms with Gasteiger partial charge in [-0.1, -0.05) is 11.6 Å². The van der Waals surface area contributed by atoms with Gasteiger partial charge >= 0.3 is 0 Å². The minimum absolute atomic E-state index is 0.0404. The van der Waals surface area contributed by atoms with Crippen molar-refractivity contribution in [3.8, 4) is 0 Å². The zero-order chi connectivity index (χ0) is 20.5. The molecule has 29 heavy (non-hydrogen) atoms. The molecule has 2 aromatic rings. The second-order valence-corrected chi connectivity index (χ2v) is 9.22. The summed E-state index contributed by atoms with van der Waals surface area (Å²) in [4.78, 5) is 34.5. The first kappa shape index (κ1) is 20.2. The van der Waals surface area contributed by atoms with Crippen LogP contribution in [0.2, 0.25) is 5.02 Å². The van der Waals surface area contributed by atoms with Gasteiger partial charge in [0.1, 0.15) is 0 Å². The van der Waals surface area contributed by atoms with E-state index in [1.807, 2.05) is 30.0 Å². The van der Waals surface area contributed by atoms with Crippen molar-refractivity contribution in [2.24, 2.45) is 5.92 Å². The maximum Gasteiger partial charge on any atom is 0.227 e. The van der Waals surface area contributed by atoms with Crippen LogP contribution >= 0.6 is 22.9 Å². The number of piperazine rings is 1. The van der Waals surface area contributed by atoms with Crippen molar-refractivity contribution < 1.29 is 9.59 Å². The van der Waals surface area contributed by atoms with Crippen LogP contribution in [0.5, 0.6) is 0 Å². The lowest BCUT2D eigenvalue weighted by atomic mass is 9.90. The SMILES string of the molecule is CC(=O)N1CCN(c2nc3c(s2)C[C@H](C(=O)Nc2ccc(Cl)c(C)c2)CC3)CC1. The quantitative estimate of drug-likeness (QED) is 0.805. The third kappa shape index (κ3) is 4.41. The number of nitrogens with one attached hydrogen (secondary N) is 1. The highest BCUT2D eigenvalue weighted by Gasteiger charge is 2.29. The highest BCUT2D eigenvalue weighted by Crippen LogP contribution is 2.35. The van der Waals surface area contributed by atoms with Crippen LogP contribution in [-0.4, -0.2) is 47.9 Å². The van der Waals surface area contributed by atoms with E-state index in [2.05, 4.69) is 10.2 Å². The normalized spacial score (nSPS) is 19.1. The molecule has 1 saturated heterocycles. The maximum atomic E-state index is 12.8. The van der Waals surface area contributed by atoms with Gasteiger partial charge in [0, 0.05) is 54.6 Å². The lowest BCUT2D eigenvalue weighted by molar-refractivity contribution is -0.129. The molecule has 2 amide bonds. The van der Waals surface area contributed by atoms with Gasteiger partial charge < -0.3 is 15.1 Å². The van der Waals surface area contributed by atoms with Gasteiger partial charge in [-0.25, -0.2) is 4.98 Å². The molecule has 1 fully saturated rings. The van der Waals surface area contributed by atoms with E-state index in [4.69, 9.17) is 16.6 Å². The number of halogens is 1. The van der Waals surface area contributed by atoms with Gasteiger partial charge in [0.15, 0.2) is 5.13 Å². The number of thiazole rings is 1. The van der Waals surface area contributed by atoms with Gasteiger partial charge in [-0.3, -0.25) is 9.59 Å². The summed E-state index contributed by atoms with van der Waals surface area (Å²) in [7, 11) is 0. The van der Waals surface area contributed by atoms with E-state index in [1.54, 1.807) is 18.3 Å². The molecule has 8 heteroatoms. The van der Waals surface area contributed by atoms with Crippen molar-refractivity contribution in [3.63, 3.8) is 0 Å². The lowest BCUT2D eigenvalue weighted by Gasteiger charge is -2.33. The number of carbonyl (C=O) groups excluding carboxylic acids is 2. The second kappa shape index (κ2) is 8.32. The molecule has 1 aliphatic heterocycles. The number of fused-ring (bicyclic) bond motifs is 1. The first-order valence-corrected chi connectivity index (χ1v) is 11.2. The van der Waals surface area contributed by atoms with Gasteiger partial charge in [0.05, 0.1) is 5.69 Å². The summed E-state index contributed by atoms with van der Waals surface area (Å²) < 4.78 is 0. The highest BCUT2D eigenvalue weighted by atomic mass is 35.5. The van der Waals surface area contributed by atoms with Gasteiger partial charge in [0.2, 0.25) is 11.8 Å². The van der Waals surface area contributed by atoms with E-state index >= 15 is 0 Å². The molecule has 0 bridgehead atoms. The minimum atomic E-state index is -0.0404. The average molecular weight is 433 g/mol. The topological polar surface area (TPSA) is 65.5 Å². The monoisotopic (exact) mass is 432 g/mol. The Morgan fingerprint density at radius 1 is 1.24 bits per heavy atom. The van der Waals surface area contributed by atoms with E-state index in [9.17, 15) is 9.59 Å². The van der Waals surface area contributed by atoms with Crippen LogP contribution < -0.4 is 10.2 Å². The highest BCUT2D eigenvalue weighted by molar-refractivity contribution is 7.15. The fraction of sp³-hybridized carbons (Fsp3) is 0.476. The van der Waals surface area contributed by atoms with Gasteiger partial charge in [0.25, 0.3) is 0 Å². The Morgan fingerprint density at radius 3 is 2.69 bits per heavy atom. The molecule has 0 unspecified atom stereocenters. The summed E-state index contributed by atoms with van der Waals surface area (Å²) in [5.74, 6) is 0.150. The van der Waals surface area contributed by atoms with Gasteiger partial charge in [-0.15, -0.1) is 11.3 Å². The Morgan fingerprint density at radius 2 is 2.00 bits per heavy atom. The maximum absolute atomic E-state index is 12.8. The summed E-state index contributed by atoms with van der Waals surface area (Å²) in [6, 6.07) is 5.56. The number of anilines is 2. The molecule has 1 aliphatic carbocycles. The Hall–Kier alpha value is -2.12. The molecule has 6 nitrogen and oxygen atoms in total. The number of aromatic nitrogens is 1. The average Bonchev–Trinajstić information content (AvgIpc) is 3.14. The first-order valence-electron chi connectivity index (χ1n) is 9.97. The molecule has 1 N–H and O–H groups in total. The van der Waals surface area contributed by atoms with E-state index < -0.39 is 0 Å². The van der Waals surface area contributed by atoms with Crippen molar-refractivity contribution >= 4 is 45.6 Å².